The van der Waals surface area contributed by atoms with Crippen LogP contribution < -0.4 is 27.8 Å². The SMILES string of the molecule is CC(C)C[C@H](N)C(=O)N[C@H](C(=O)N[C@@H](CCCN=C(N)N)C(=O)C(=O)CCl)[C@@H](C)O. The molecule has 2 amide bonds. The highest BCUT2D eigenvalue weighted by Crippen LogP contribution is 2.06. The zero-order valence-electron chi connectivity index (χ0n) is 17.6. The van der Waals surface area contributed by atoms with E-state index >= 15 is 0 Å². The Morgan fingerprint density at radius 1 is 1.07 bits per heavy atom. The molecule has 0 bridgehead atoms. The molecule has 0 saturated carbocycles. The van der Waals surface area contributed by atoms with E-state index < -0.39 is 53.5 Å². The van der Waals surface area contributed by atoms with Crippen molar-refractivity contribution in [2.45, 2.75) is 64.3 Å². The number of Topliss-reactive ketones (excluding diaryl/α,β-unsaturated/α-hetero) is 2. The third-order valence-corrected chi connectivity index (χ3v) is 4.34. The highest BCUT2D eigenvalue weighted by atomic mass is 35.5. The Morgan fingerprint density at radius 3 is 2.13 bits per heavy atom. The van der Waals surface area contributed by atoms with E-state index in [1.165, 1.54) is 6.92 Å². The lowest BCUT2D eigenvalue weighted by Crippen LogP contribution is -2.58. The molecule has 0 aliphatic heterocycles. The van der Waals surface area contributed by atoms with Crippen LogP contribution >= 0.6 is 11.6 Å². The molecule has 12 heteroatoms. The average molecular weight is 449 g/mol. The van der Waals surface area contributed by atoms with Crippen molar-refractivity contribution in [3.05, 3.63) is 0 Å². The number of carbonyl (C=O) groups is 4. The summed E-state index contributed by atoms with van der Waals surface area (Å²) in [6, 6.07) is -3.44. The molecule has 0 radical (unpaired) electrons. The van der Waals surface area contributed by atoms with Crippen LogP contribution in [0.3, 0.4) is 0 Å². The molecule has 0 unspecified atom stereocenters. The number of halogens is 1. The number of ketones is 2. The van der Waals surface area contributed by atoms with Gasteiger partial charge in [-0.1, -0.05) is 13.8 Å². The maximum atomic E-state index is 12.6. The van der Waals surface area contributed by atoms with Gasteiger partial charge >= 0.3 is 0 Å². The Balaban J connectivity index is 5.27. The first-order valence-electron chi connectivity index (χ1n) is 9.63. The minimum absolute atomic E-state index is 0.0529. The number of nitrogens with two attached hydrogens (primary N) is 3. The zero-order chi connectivity index (χ0) is 23.4. The van der Waals surface area contributed by atoms with E-state index in [4.69, 9.17) is 28.8 Å². The summed E-state index contributed by atoms with van der Waals surface area (Å²) in [6.07, 6.45) is -0.552. The predicted molar refractivity (Wildman–Crippen MR) is 114 cm³/mol. The summed E-state index contributed by atoms with van der Waals surface area (Å²) < 4.78 is 0. The van der Waals surface area contributed by atoms with Gasteiger partial charge in [-0.25, -0.2) is 0 Å². The molecule has 0 heterocycles. The van der Waals surface area contributed by atoms with Crippen LogP contribution in [0.4, 0.5) is 0 Å². The fourth-order valence-electron chi connectivity index (χ4n) is 2.57. The number of rotatable bonds is 14. The zero-order valence-corrected chi connectivity index (χ0v) is 18.3. The fourth-order valence-corrected chi connectivity index (χ4v) is 2.71. The van der Waals surface area contributed by atoms with Crippen LogP contribution in [0.25, 0.3) is 0 Å². The molecule has 11 nitrogen and oxygen atoms in total. The van der Waals surface area contributed by atoms with Gasteiger partial charge in [0.25, 0.3) is 0 Å². The highest BCUT2D eigenvalue weighted by molar-refractivity contribution is 6.48. The van der Waals surface area contributed by atoms with E-state index in [1.807, 2.05) is 13.8 Å². The molecular weight excluding hydrogens is 416 g/mol. The van der Waals surface area contributed by atoms with Crippen LogP contribution in [-0.2, 0) is 19.2 Å². The van der Waals surface area contributed by atoms with Crippen LogP contribution in [0.15, 0.2) is 4.99 Å². The molecule has 172 valence electrons. The highest BCUT2D eigenvalue weighted by Gasteiger charge is 2.32. The number of hydrogen-bond donors (Lipinski definition) is 6. The predicted octanol–water partition coefficient (Wildman–Crippen LogP) is -1.86. The van der Waals surface area contributed by atoms with Gasteiger partial charge in [-0.2, -0.15) is 0 Å². The number of alkyl halides is 1. The molecule has 0 aliphatic carbocycles. The molecule has 0 rings (SSSR count). The number of aliphatic hydroxyl groups excluding tert-OH is 1. The first-order valence-corrected chi connectivity index (χ1v) is 10.2. The van der Waals surface area contributed by atoms with Gasteiger partial charge in [-0.15, -0.1) is 11.6 Å². The lowest BCUT2D eigenvalue weighted by molar-refractivity contribution is -0.139. The van der Waals surface area contributed by atoms with Crippen molar-refractivity contribution >= 4 is 40.9 Å². The Labute approximate surface area is 181 Å². The van der Waals surface area contributed by atoms with Crippen molar-refractivity contribution in [2.24, 2.45) is 28.1 Å². The third-order valence-electron chi connectivity index (χ3n) is 4.10. The van der Waals surface area contributed by atoms with E-state index in [0.29, 0.717) is 6.42 Å². The number of carbonyl (C=O) groups excluding carboxylic acids is 4. The van der Waals surface area contributed by atoms with E-state index in [2.05, 4.69) is 15.6 Å². The number of guanidine groups is 1. The summed E-state index contributed by atoms with van der Waals surface area (Å²) in [6.45, 7) is 5.26. The summed E-state index contributed by atoms with van der Waals surface area (Å²) in [5.74, 6) is -3.74. The van der Waals surface area contributed by atoms with Gasteiger partial charge in [0, 0.05) is 6.54 Å². The van der Waals surface area contributed by atoms with E-state index in [0.717, 1.165) is 0 Å². The van der Waals surface area contributed by atoms with Crippen molar-refractivity contribution in [3.8, 4) is 0 Å². The third kappa shape index (κ3) is 10.5. The van der Waals surface area contributed by atoms with Crippen molar-refractivity contribution in [2.75, 3.05) is 12.4 Å². The van der Waals surface area contributed by atoms with Gasteiger partial charge in [0.2, 0.25) is 23.4 Å². The van der Waals surface area contributed by atoms with E-state index in [1.54, 1.807) is 0 Å². The number of aliphatic hydroxyl groups is 1. The molecule has 0 aliphatic rings. The average Bonchev–Trinajstić information content (AvgIpc) is 2.65. The Hall–Kier alpha value is -2.24. The molecule has 9 N–H and O–H groups in total. The van der Waals surface area contributed by atoms with Crippen molar-refractivity contribution in [1.29, 1.82) is 0 Å². The molecule has 30 heavy (non-hydrogen) atoms. The Kier molecular flexibility index (Phi) is 12.8. The van der Waals surface area contributed by atoms with Gasteiger partial charge in [0.1, 0.15) is 6.04 Å². The van der Waals surface area contributed by atoms with Crippen molar-refractivity contribution in [3.63, 3.8) is 0 Å². The van der Waals surface area contributed by atoms with Crippen LogP contribution in [-0.4, -0.2) is 71.1 Å². The quantitative estimate of drug-likeness (QED) is 0.0582. The van der Waals surface area contributed by atoms with Gasteiger partial charge in [0.05, 0.1) is 24.1 Å². The minimum Gasteiger partial charge on any atom is -0.391 e. The molecule has 0 aromatic carbocycles. The smallest absolute Gasteiger partial charge is 0.245 e. The van der Waals surface area contributed by atoms with Crippen LogP contribution in [0, 0.1) is 5.92 Å². The summed E-state index contributed by atoms with van der Waals surface area (Å²) in [4.78, 5) is 52.6. The summed E-state index contributed by atoms with van der Waals surface area (Å²) in [5, 5.41) is 14.7. The standard InChI is InChI=1S/C18H33ClN6O5/c1-9(2)7-11(20)16(29)25-14(10(3)26)17(30)24-12(15(28)13(27)8-19)5-4-6-23-18(21)22/h9-12,14,26H,4-8,20H2,1-3H3,(H,24,30)(H,25,29)(H4,21,22,23)/t10-,11+,12+,14+/m1/s1. The monoisotopic (exact) mass is 448 g/mol. The van der Waals surface area contributed by atoms with Gasteiger partial charge in [0.15, 0.2) is 5.96 Å². The van der Waals surface area contributed by atoms with Gasteiger partial charge in [-0.3, -0.25) is 24.2 Å². The Morgan fingerprint density at radius 2 is 1.67 bits per heavy atom. The summed E-state index contributed by atoms with van der Waals surface area (Å²) in [7, 11) is 0. The first kappa shape index (κ1) is 27.8. The number of aliphatic imine (C=N–C) groups is 1. The molecule has 0 saturated heterocycles. The molecule has 0 aromatic heterocycles. The first-order chi connectivity index (χ1) is 13.9. The van der Waals surface area contributed by atoms with Crippen molar-refractivity contribution in [1.82, 2.24) is 10.6 Å². The van der Waals surface area contributed by atoms with Crippen LogP contribution in [0.2, 0.25) is 0 Å². The minimum atomic E-state index is -1.37. The number of amides is 2. The van der Waals surface area contributed by atoms with Crippen LogP contribution in [0.5, 0.6) is 0 Å². The van der Waals surface area contributed by atoms with E-state index in [-0.39, 0.29) is 31.3 Å². The van der Waals surface area contributed by atoms with Gasteiger partial charge in [-0.05, 0) is 32.1 Å². The normalized spacial score (nSPS) is 14.9. The number of hydrogen-bond acceptors (Lipinski definition) is 7. The molecule has 0 aromatic rings. The molecule has 4 atom stereocenters. The van der Waals surface area contributed by atoms with E-state index in [9.17, 15) is 24.3 Å². The topological polar surface area (TPSA) is 203 Å². The summed E-state index contributed by atoms with van der Waals surface area (Å²) in [5.41, 5.74) is 16.3. The second kappa shape index (κ2) is 13.9. The Bertz CT molecular complexity index is 637. The number of nitrogens with zero attached hydrogens (tertiary/aromatic N) is 1. The lowest BCUT2D eigenvalue weighted by atomic mass is 10.0. The van der Waals surface area contributed by atoms with Crippen molar-refractivity contribution < 1.29 is 24.3 Å². The molecule has 0 fully saturated rings. The lowest BCUT2D eigenvalue weighted by Gasteiger charge is -2.25. The maximum absolute atomic E-state index is 12.6. The summed E-state index contributed by atoms with van der Waals surface area (Å²) >= 11 is 5.44. The number of nitrogens with one attached hydrogen (secondary N) is 2. The second-order valence-corrected chi connectivity index (χ2v) is 7.66. The second-order valence-electron chi connectivity index (χ2n) is 7.39. The largest absolute Gasteiger partial charge is 0.391 e. The molecule has 0 spiro atoms. The van der Waals surface area contributed by atoms with Gasteiger partial charge < -0.3 is 32.9 Å². The maximum Gasteiger partial charge on any atom is 0.245 e. The fraction of sp³-hybridized carbons (Fsp3) is 0.722. The molecular formula is C18H33ClN6O5. The van der Waals surface area contributed by atoms with Crippen LogP contribution in [0.1, 0.15) is 40.0 Å².